The Hall–Kier alpha value is -4.88. The fourth-order valence-corrected chi connectivity index (χ4v) is 7.28. The number of hydrogen-bond donors (Lipinski definition) is 1. The van der Waals surface area contributed by atoms with Gasteiger partial charge in [-0.2, -0.15) is 0 Å². The van der Waals surface area contributed by atoms with E-state index >= 15 is 4.79 Å². The average Bonchev–Trinajstić information content (AvgIpc) is 3.52. The lowest BCUT2D eigenvalue weighted by Gasteiger charge is -2.37. The molecule has 1 spiro atoms. The number of methoxy groups -OCH3 is 2. The zero-order chi connectivity index (χ0) is 29.9. The molecule has 8 heteroatoms. The van der Waals surface area contributed by atoms with Crippen molar-refractivity contribution in [1.82, 2.24) is 0 Å². The second kappa shape index (κ2) is 10.1. The van der Waals surface area contributed by atoms with Gasteiger partial charge in [0.25, 0.3) is 0 Å². The van der Waals surface area contributed by atoms with E-state index in [1.807, 2.05) is 59.5 Å². The SMILES string of the molecule is COc1ccc(OC)c(C(=O)[C@@H]2[C@@H](C(=O)c3ccccc3)N3c4ccc(Cl)cc4C=C[C@@H]3[C@@]23C(=O)Nc2ccccc23)c1. The molecule has 7 nitrogen and oxygen atoms in total. The molecule has 0 saturated carbocycles. The lowest BCUT2D eigenvalue weighted by Crippen LogP contribution is -2.51. The molecule has 4 aromatic rings. The van der Waals surface area contributed by atoms with Crippen molar-refractivity contribution in [3.05, 3.63) is 124 Å². The molecular formula is C35H27ClN2O5. The number of ether oxygens (including phenoxy) is 2. The van der Waals surface area contributed by atoms with Crippen LogP contribution in [0.15, 0.2) is 97.1 Å². The maximum Gasteiger partial charge on any atom is 0.238 e. The number of nitrogens with one attached hydrogen (secondary N) is 1. The van der Waals surface area contributed by atoms with E-state index in [0.717, 1.165) is 11.3 Å². The number of Topliss-reactive ketones (excluding diaryl/α,β-unsaturated/α-hetero) is 2. The van der Waals surface area contributed by atoms with Crippen molar-refractivity contribution in [3.8, 4) is 11.5 Å². The molecule has 0 unspecified atom stereocenters. The van der Waals surface area contributed by atoms with E-state index in [2.05, 4.69) is 5.32 Å². The Bertz CT molecular complexity index is 1840. The molecule has 1 fully saturated rings. The molecule has 0 aromatic heterocycles. The summed E-state index contributed by atoms with van der Waals surface area (Å²) in [6, 6.07) is 25.0. The summed E-state index contributed by atoms with van der Waals surface area (Å²) in [6.45, 7) is 0. The molecule has 0 radical (unpaired) electrons. The number of amides is 1. The van der Waals surface area contributed by atoms with Crippen LogP contribution in [0.2, 0.25) is 5.02 Å². The lowest BCUT2D eigenvalue weighted by atomic mass is 9.64. The minimum absolute atomic E-state index is 0.231. The lowest BCUT2D eigenvalue weighted by molar-refractivity contribution is -0.121. The zero-order valence-electron chi connectivity index (χ0n) is 23.4. The van der Waals surface area contributed by atoms with Gasteiger partial charge in [0.05, 0.1) is 31.7 Å². The van der Waals surface area contributed by atoms with Crippen molar-refractivity contribution in [2.45, 2.75) is 17.5 Å². The molecule has 1 saturated heterocycles. The van der Waals surface area contributed by atoms with E-state index in [4.69, 9.17) is 21.1 Å². The fraction of sp³-hybridized carbons (Fsp3) is 0.171. The number of hydrogen-bond acceptors (Lipinski definition) is 6. The van der Waals surface area contributed by atoms with Crippen molar-refractivity contribution in [1.29, 1.82) is 0 Å². The van der Waals surface area contributed by atoms with Gasteiger partial charge in [0.1, 0.15) is 23.0 Å². The molecule has 3 aliphatic heterocycles. The minimum Gasteiger partial charge on any atom is -0.497 e. The maximum absolute atomic E-state index is 15.1. The van der Waals surface area contributed by atoms with Gasteiger partial charge < -0.3 is 19.7 Å². The molecule has 1 N–H and O–H groups in total. The summed E-state index contributed by atoms with van der Waals surface area (Å²) in [5.74, 6) is -1.36. The third-order valence-electron chi connectivity index (χ3n) is 8.88. The molecule has 43 heavy (non-hydrogen) atoms. The highest BCUT2D eigenvalue weighted by Gasteiger charge is 2.70. The predicted octanol–water partition coefficient (Wildman–Crippen LogP) is 6.21. The maximum atomic E-state index is 15.1. The van der Waals surface area contributed by atoms with E-state index in [-0.39, 0.29) is 17.3 Å². The van der Waals surface area contributed by atoms with Crippen LogP contribution in [-0.2, 0) is 10.2 Å². The summed E-state index contributed by atoms with van der Waals surface area (Å²) in [6.07, 6.45) is 3.84. The van der Waals surface area contributed by atoms with Crippen LogP contribution < -0.4 is 19.7 Å². The van der Waals surface area contributed by atoms with Gasteiger partial charge in [0.15, 0.2) is 11.6 Å². The molecule has 7 rings (SSSR count). The number of rotatable bonds is 6. The second-order valence-electron chi connectivity index (χ2n) is 10.9. The molecule has 4 atom stereocenters. The fourth-order valence-electron chi connectivity index (χ4n) is 7.10. The topological polar surface area (TPSA) is 84.9 Å². The van der Waals surface area contributed by atoms with Crippen molar-refractivity contribution in [3.63, 3.8) is 0 Å². The predicted molar refractivity (Wildman–Crippen MR) is 165 cm³/mol. The third-order valence-corrected chi connectivity index (χ3v) is 9.11. The summed E-state index contributed by atoms with van der Waals surface area (Å²) in [4.78, 5) is 46.3. The highest BCUT2D eigenvalue weighted by molar-refractivity contribution is 6.31. The van der Waals surface area contributed by atoms with Crippen molar-refractivity contribution in [2.24, 2.45) is 5.92 Å². The van der Waals surface area contributed by atoms with E-state index in [9.17, 15) is 9.59 Å². The first-order valence-corrected chi connectivity index (χ1v) is 14.3. The Labute approximate surface area is 253 Å². The number of para-hydroxylation sites is 1. The summed E-state index contributed by atoms with van der Waals surface area (Å²) in [5.41, 5.74) is 2.03. The summed E-state index contributed by atoms with van der Waals surface area (Å²) >= 11 is 6.38. The van der Waals surface area contributed by atoms with Gasteiger partial charge >= 0.3 is 0 Å². The van der Waals surface area contributed by atoms with Crippen LogP contribution in [0, 0.1) is 5.92 Å². The van der Waals surface area contributed by atoms with Gasteiger partial charge in [-0.25, -0.2) is 0 Å². The zero-order valence-corrected chi connectivity index (χ0v) is 24.2. The number of anilines is 2. The molecule has 3 heterocycles. The number of halogens is 1. The van der Waals surface area contributed by atoms with Gasteiger partial charge in [-0.05, 0) is 53.6 Å². The average molecular weight is 591 g/mol. The molecule has 3 aliphatic rings. The minimum atomic E-state index is -1.44. The first-order valence-electron chi connectivity index (χ1n) is 13.9. The summed E-state index contributed by atoms with van der Waals surface area (Å²) in [7, 11) is 3.00. The molecule has 1 amide bonds. The van der Waals surface area contributed by atoms with Gasteiger partial charge in [0, 0.05) is 22.0 Å². The first-order chi connectivity index (χ1) is 20.9. The highest BCUT2D eigenvalue weighted by Crippen LogP contribution is 2.58. The molecule has 4 aromatic carbocycles. The van der Waals surface area contributed by atoms with Gasteiger partial charge in [-0.1, -0.05) is 72.3 Å². The van der Waals surface area contributed by atoms with Gasteiger partial charge in [0.2, 0.25) is 5.91 Å². The van der Waals surface area contributed by atoms with Crippen molar-refractivity contribution < 1.29 is 23.9 Å². The monoisotopic (exact) mass is 590 g/mol. The molecule has 0 bridgehead atoms. The summed E-state index contributed by atoms with van der Waals surface area (Å²) < 4.78 is 11.1. The Morgan fingerprint density at radius 2 is 1.65 bits per heavy atom. The van der Waals surface area contributed by atoms with Gasteiger partial charge in [-0.15, -0.1) is 0 Å². The van der Waals surface area contributed by atoms with Crippen molar-refractivity contribution >= 4 is 46.5 Å². The molecule has 214 valence electrons. The number of nitrogens with zero attached hydrogens (tertiary/aromatic N) is 1. The largest absolute Gasteiger partial charge is 0.497 e. The van der Waals surface area contributed by atoms with Gasteiger partial charge in [-0.3, -0.25) is 14.4 Å². The van der Waals surface area contributed by atoms with Crippen LogP contribution >= 0.6 is 11.6 Å². The Balaban J connectivity index is 1.55. The molecule has 0 aliphatic carbocycles. The number of carbonyl (C=O) groups is 3. The van der Waals surface area contributed by atoms with Crippen LogP contribution in [0.5, 0.6) is 11.5 Å². The molecular weight excluding hydrogens is 564 g/mol. The van der Waals surface area contributed by atoms with Crippen LogP contribution in [-0.4, -0.2) is 43.8 Å². The van der Waals surface area contributed by atoms with Crippen LogP contribution in [0.25, 0.3) is 6.08 Å². The van der Waals surface area contributed by atoms with E-state index < -0.39 is 29.2 Å². The summed E-state index contributed by atoms with van der Waals surface area (Å²) in [5, 5.41) is 3.58. The van der Waals surface area contributed by atoms with E-state index in [1.165, 1.54) is 14.2 Å². The number of fused-ring (bicyclic) bond motifs is 6. The number of ketones is 2. The van der Waals surface area contributed by atoms with Crippen molar-refractivity contribution in [2.75, 3.05) is 24.4 Å². The Morgan fingerprint density at radius 1 is 0.884 bits per heavy atom. The smallest absolute Gasteiger partial charge is 0.238 e. The standard InChI is InChI=1S/C35H27ClN2O5/c1-42-23-14-16-28(43-2)24(19-23)33(40)30-31(32(39)20-8-4-3-5-9-20)38-27-15-13-22(36)18-21(27)12-17-29(38)35(30)25-10-6-7-11-26(25)37-34(35)41/h3-19,29-31H,1-2H3,(H,37,41)/t29-,30+,31+,35-/m1/s1. The van der Waals surface area contributed by atoms with E-state index in [0.29, 0.717) is 33.3 Å². The quantitative estimate of drug-likeness (QED) is 0.269. The van der Waals surface area contributed by atoms with E-state index in [1.54, 1.807) is 48.5 Å². The third kappa shape index (κ3) is 3.85. The normalized spacial score (nSPS) is 22.9. The van der Waals surface area contributed by atoms with Crippen LogP contribution in [0.4, 0.5) is 11.4 Å². The van der Waals surface area contributed by atoms with Crippen LogP contribution in [0.1, 0.15) is 31.8 Å². The van der Waals surface area contributed by atoms with Crippen LogP contribution in [0.3, 0.4) is 0 Å². The number of carbonyl (C=O) groups excluding carboxylic acids is 3. The Kier molecular flexibility index (Phi) is 6.36. The highest BCUT2D eigenvalue weighted by atomic mass is 35.5. The number of benzene rings is 4. The second-order valence-corrected chi connectivity index (χ2v) is 11.3. The first kappa shape index (κ1) is 27.0. The Morgan fingerprint density at radius 3 is 2.42 bits per heavy atom.